The molecule has 0 radical (unpaired) electrons. The summed E-state index contributed by atoms with van der Waals surface area (Å²) in [6.07, 6.45) is 1.25. The van der Waals surface area contributed by atoms with E-state index in [1.54, 1.807) is 25.3 Å². The largest absolute Gasteiger partial charge is 0.468 e. The Kier molecular flexibility index (Phi) is 10.0. The molecule has 0 spiro atoms. The number of carbonyl (C=O) groups excluding carboxylic acids is 2. The fourth-order valence-electron chi connectivity index (χ4n) is 4.82. The molecular weight excluding hydrogens is 544 g/mol. The molecule has 1 fully saturated rings. The van der Waals surface area contributed by atoms with Crippen LogP contribution in [0.15, 0.2) is 88.9 Å². The number of hydrogen-bond donors (Lipinski definition) is 2. The summed E-state index contributed by atoms with van der Waals surface area (Å²) < 4.78 is 33.0. The minimum Gasteiger partial charge on any atom is -0.468 e. The Labute approximate surface area is 240 Å². The molecule has 41 heavy (non-hydrogen) atoms. The third-order valence-electron chi connectivity index (χ3n) is 6.81. The van der Waals surface area contributed by atoms with Crippen LogP contribution in [0.2, 0.25) is 0 Å². The van der Waals surface area contributed by atoms with E-state index >= 15 is 0 Å². The van der Waals surface area contributed by atoms with Gasteiger partial charge in [-0.3, -0.25) is 14.4 Å². The number of sulfonamides is 1. The van der Waals surface area contributed by atoms with Crippen LogP contribution in [0.3, 0.4) is 0 Å². The van der Waals surface area contributed by atoms with E-state index in [0.29, 0.717) is 13.0 Å². The minimum absolute atomic E-state index is 0.000623. The summed E-state index contributed by atoms with van der Waals surface area (Å²) in [5.41, 5.74) is 3.66. The lowest BCUT2D eigenvalue weighted by Gasteiger charge is -2.23. The average molecular weight is 579 g/mol. The highest BCUT2D eigenvalue weighted by Gasteiger charge is 2.37. The van der Waals surface area contributed by atoms with Gasteiger partial charge in [0.2, 0.25) is 10.0 Å². The summed E-state index contributed by atoms with van der Waals surface area (Å²) in [4.78, 5) is 31.9. The first kappa shape index (κ1) is 30.1. The van der Waals surface area contributed by atoms with Crippen molar-refractivity contribution in [3.63, 3.8) is 0 Å². The van der Waals surface area contributed by atoms with Gasteiger partial charge >= 0.3 is 5.97 Å². The molecule has 1 aliphatic heterocycles. The van der Waals surface area contributed by atoms with E-state index in [0.717, 1.165) is 29.4 Å². The van der Waals surface area contributed by atoms with Crippen LogP contribution in [0, 0.1) is 6.92 Å². The summed E-state index contributed by atoms with van der Waals surface area (Å²) in [5, 5.41) is 5.42. The van der Waals surface area contributed by atoms with Gasteiger partial charge in [-0.05, 0) is 47.7 Å². The van der Waals surface area contributed by atoms with E-state index in [2.05, 4.69) is 9.82 Å². The number of nitrogens with two attached hydrogens (primary N) is 1. The Hall–Kier alpha value is -3.90. The van der Waals surface area contributed by atoms with Gasteiger partial charge in [0.1, 0.15) is 11.8 Å². The highest BCUT2D eigenvalue weighted by Crippen LogP contribution is 2.37. The Bertz CT molecular complexity index is 1480. The number of hydroxylamine groups is 2. The van der Waals surface area contributed by atoms with Crippen LogP contribution in [0.5, 0.6) is 0 Å². The standard InChI is InChI=1S/C30H34N4O6S/c1-21-7-6-10-27(15-21)41(37,38)33-28(30(36)39-2)17-25(35)16-26-18-29(24-13-11-22(12-14-24)19-32-31)34(40-26)20-23-8-4-3-5-9-23/h3-15,19,26,28-29,33H,16-18,20,31H2,1-2H3/t26-,28+,29-/m1/s1. The van der Waals surface area contributed by atoms with Gasteiger partial charge in [-0.2, -0.15) is 14.9 Å². The van der Waals surface area contributed by atoms with Crippen molar-refractivity contribution in [2.45, 2.75) is 55.8 Å². The van der Waals surface area contributed by atoms with Crippen LogP contribution in [0.25, 0.3) is 0 Å². The molecule has 3 aromatic rings. The van der Waals surface area contributed by atoms with Crippen LogP contribution < -0.4 is 10.6 Å². The molecular formula is C30H34N4O6S. The molecule has 1 heterocycles. The van der Waals surface area contributed by atoms with Crippen molar-refractivity contribution in [2.75, 3.05) is 7.11 Å². The summed E-state index contributed by atoms with van der Waals surface area (Å²) >= 11 is 0. The number of Topliss-reactive ketones (excluding diaryl/α,β-unsaturated/α-hetero) is 1. The maximum atomic E-state index is 13.2. The second-order valence-corrected chi connectivity index (χ2v) is 11.7. The number of ether oxygens (including phenoxy) is 1. The quantitative estimate of drug-likeness (QED) is 0.144. The number of carbonyl (C=O) groups is 2. The first-order chi connectivity index (χ1) is 19.7. The molecule has 0 saturated carbocycles. The highest BCUT2D eigenvalue weighted by molar-refractivity contribution is 7.89. The molecule has 216 valence electrons. The predicted octanol–water partition coefficient (Wildman–Crippen LogP) is 3.40. The molecule has 4 rings (SSSR count). The average Bonchev–Trinajstić information content (AvgIpc) is 3.34. The van der Waals surface area contributed by atoms with Gasteiger partial charge in [-0.25, -0.2) is 8.42 Å². The van der Waals surface area contributed by atoms with Crippen molar-refractivity contribution in [1.82, 2.24) is 9.79 Å². The number of methoxy groups -OCH3 is 1. The molecule has 0 unspecified atom stereocenters. The number of esters is 1. The Morgan fingerprint density at radius 3 is 2.51 bits per heavy atom. The summed E-state index contributed by atoms with van der Waals surface area (Å²) in [6, 6.07) is 22.4. The SMILES string of the molecule is COC(=O)[C@H](CC(=O)C[C@@H]1C[C@H](c2ccc(C=NN)cc2)N(Cc2ccccc2)O1)NS(=O)(=O)c1cccc(C)c1. The number of nitrogens with zero attached hydrogens (tertiary/aromatic N) is 2. The van der Waals surface area contributed by atoms with Gasteiger partial charge in [0.05, 0.1) is 30.4 Å². The van der Waals surface area contributed by atoms with Gasteiger partial charge in [-0.15, -0.1) is 0 Å². The fourth-order valence-corrected chi connectivity index (χ4v) is 6.11. The van der Waals surface area contributed by atoms with Crippen LogP contribution >= 0.6 is 0 Å². The van der Waals surface area contributed by atoms with E-state index in [9.17, 15) is 18.0 Å². The molecule has 0 bridgehead atoms. The second kappa shape index (κ2) is 13.6. The Balaban J connectivity index is 1.47. The van der Waals surface area contributed by atoms with Crippen molar-refractivity contribution in [2.24, 2.45) is 10.9 Å². The fraction of sp³-hybridized carbons (Fsp3) is 0.300. The van der Waals surface area contributed by atoms with Gasteiger partial charge in [0.15, 0.2) is 0 Å². The predicted molar refractivity (Wildman–Crippen MR) is 154 cm³/mol. The Morgan fingerprint density at radius 2 is 1.85 bits per heavy atom. The van der Waals surface area contributed by atoms with E-state index in [1.807, 2.05) is 59.7 Å². The van der Waals surface area contributed by atoms with Crippen LogP contribution in [0.1, 0.15) is 47.6 Å². The molecule has 1 saturated heterocycles. The van der Waals surface area contributed by atoms with Gasteiger partial charge in [-0.1, -0.05) is 66.7 Å². The zero-order chi connectivity index (χ0) is 29.4. The molecule has 0 amide bonds. The van der Waals surface area contributed by atoms with Crippen LogP contribution in [-0.2, 0) is 35.7 Å². The number of nitrogens with one attached hydrogen (secondary N) is 1. The summed E-state index contributed by atoms with van der Waals surface area (Å²) in [6.45, 7) is 2.27. The van der Waals surface area contributed by atoms with Gasteiger partial charge in [0, 0.05) is 19.4 Å². The topological polar surface area (TPSA) is 140 Å². The molecule has 3 aromatic carbocycles. The van der Waals surface area contributed by atoms with Crippen molar-refractivity contribution >= 4 is 28.0 Å². The van der Waals surface area contributed by atoms with E-state index in [1.165, 1.54) is 12.1 Å². The molecule has 1 aliphatic rings. The molecule has 10 nitrogen and oxygen atoms in total. The summed E-state index contributed by atoms with van der Waals surface area (Å²) in [7, 11) is -2.92. The lowest BCUT2D eigenvalue weighted by molar-refractivity contribution is -0.173. The molecule has 3 N–H and O–H groups in total. The van der Waals surface area contributed by atoms with Crippen LogP contribution in [-0.4, -0.2) is 50.7 Å². The highest BCUT2D eigenvalue weighted by atomic mass is 32.2. The molecule has 11 heteroatoms. The van der Waals surface area contributed by atoms with Crippen molar-refractivity contribution in [1.29, 1.82) is 0 Å². The monoisotopic (exact) mass is 578 g/mol. The maximum absolute atomic E-state index is 13.2. The second-order valence-electron chi connectivity index (χ2n) is 9.95. The minimum atomic E-state index is -4.07. The number of rotatable bonds is 12. The number of ketones is 1. The van der Waals surface area contributed by atoms with E-state index < -0.39 is 28.1 Å². The molecule has 3 atom stereocenters. The molecule has 0 aliphatic carbocycles. The number of hydrogen-bond acceptors (Lipinski definition) is 9. The number of hydrazone groups is 1. The van der Waals surface area contributed by atoms with Crippen molar-refractivity contribution in [3.8, 4) is 0 Å². The lowest BCUT2D eigenvalue weighted by Crippen LogP contribution is -2.43. The van der Waals surface area contributed by atoms with Crippen molar-refractivity contribution in [3.05, 3.63) is 101 Å². The maximum Gasteiger partial charge on any atom is 0.324 e. The normalized spacial score (nSPS) is 18.4. The number of aryl methyl sites for hydroxylation is 1. The summed E-state index contributed by atoms with van der Waals surface area (Å²) in [5.74, 6) is 4.10. The van der Waals surface area contributed by atoms with E-state index in [-0.39, 0.29) is 29.6 Å². The Morgan fingerprint density at radius 1 is 1.12 bits per heavy atom. The third kappa shape index (κ3) is 8.08. The van der Waals surface area contributed by atoms with Gasteiger partial charge in [0.25, 0.3) is 0 Å². The third-order valence-corrected chi connectivity index (χ3v) is 8.28. The van der Waals surface area contributed by atoms with Crippen molar-refractivity contribution < 1.29 is 27.6 Å². The first-order valence-electron chi connectivity index (χ1n) is 13.2. The zero-order valence-electron chi connectivity index (χ0n) is 23.0. The number of benzene rings is 3. The molecule has 0 aromatic heterocycles. The smallest absolute Gasteiger partial charge is 0.324 e. The van der Waals surface area contributed by atoms with Crippen LogP contribution in [0.4, 0.5) is 0 Å². The lowest BCUT2D eigenvalue weighted by atomic mass is 9.97. The van der Waals surface area contributed by atoms with E-state index in [4.69, 9.17) is 15.4 Å². The zero-order valence-corrected chi connectivity index (χ0v) is 23.8. The first-order valence-corrected chi connectivity index (χ1v) is 14.7. The van der Waals surface area contributed by atoms with Gasteiger partial charge < -0.3 is 10.6 Å².